The van der Waals surface area contributed by atoms with Gasteiger partial charge < -0.3 is 10.1 Å². The highest BCUT2D eigenvalue weighted by Gasteiger charge is 2.17. The van der Waals surface area contributed by atoms with E-state index in [1.165, 1.54) is 18.9 Å². The Morgan fingerprint density at radius 2 is 1.73 bits per heavy atom. The van der Waals surface area contributed by atoms with E-state index in [9.17, 15) is 13.2 Å². The van der Waals surface area contributed by atoms with Gasteiger partial charge in [-0.3, -0.25) is 4.79 Å². The minimum atomic E-state index is -3.64. The van der Waals surface area contributed by atoms with Crippen molar-refractivity contribution in [2.24, 2.45) is 0 Å². The van der Waals surface area contributed by atoms with Crippen molar-refractivity contribution in [2.75, 3.05) is 6.61 Å². The van der Waals surface area contributed by atoms with E-state index < -0.39 is 10.0 Å². The summed E-state index contributed by atoms with van der Waals surface area (Å²) in [4.78, 5) is 12.4. The molecule has 1 saturated carbocycles. The van der Waals surface area contributed by atoms with Crippen molar-refractivity contribution in [1.82, 2.24) is 10.0 Å². The Morgan fingerprint density at radius 3 is 2.40 bits per heavy atom. The molecule has 0 saturated heterocycles. The minimum absolute atomic E-state index is 0.0737. The zero-order valence-electron chi connectivity index (χ0n) is 17.4. The Morgan fingerprint density at radius 1 is 1.03 bits per heavy atom. The van der Waals surface area contributed by atoms with Gasteiger partial charge in [0.15, 0.2) is 6.61 Å². The first kappa shape index (κ1) is 22.3. The van der Waals surface area contributed by atoms with Crippen LogP contribution in [0.1, 0.15) is 49.7 Å². The molecule has 0 heterocycles. The largest absolute Gasteiger partial charge is 0.484 e. The van der Waals surface area contributed by atoms with Gasteiger partial charge in [-0.1, -0.05) is 56.0 Å². The summed E-state index contributed by atoms with van der Waals surface area (Å²) in [6.07, 6.45) is 6.81. The second-order valence-electron chi connectivity index (χ2n) is 7.78. The second-order valence-corrected chi connectivity index (χ2v) is 9.55. The molecule has 2 N–H and O–H groups in total. The first-order valence-corrected chi connectivity index (χ1v) is 12.0. The molecule has 1 aliphatic rings. The van der Waals surface area contributed by atoms with Crippen molar-refractivity contribution < 1.29 is 17.9 Å². The summed E-state index contributed by atoms with van der Waals surface area (Å²) < 4.78 is 33.4. The number of carbonyl (C=O) groups is 1. The highest BCUT2D eigenvalue weighted by Crippen LogP contribution is 2.22. The summed E-state index contributed by atoms with van der Waals surface area (Å²) in [5.74, 6) is 0.371. The van der Waals surface area contributed by atoms with Gasteiger partial charge in [0, 0.05) is 12.6 Å². The van der Waals surface area contributed by atoms with E-state index in [0.29, 0.717) is 11.3 Å². The summed E-state index contributed by atoms with van der Waals surface area (Å²) in [5, 5.41) is 3.05. The summed E-state index contributed by atoms with van der Waals surface area (Å²) in [6.45, 7) is 1.92. The van der Waals surface area contributed by atoms with Gasteiger partial charge in [-0.2, -0.15) is 0 Å². The molecule has 30 heavy (non-hydrogen) atoms. The fourth-order valence-corrected chi connectivity index (χ4v) is 4.75. The highest BCUT2D eigenvalue weighted by molar-refractivity contribution is 7.89. The van der Waals surface area contributed by atoms with Crippen molar-refractivity contribution in [2.45, 2.75) is 62.9 Å². The molecule has 0 bridgehead atoms. The Balaban J connectivity index is 1.54. The standard InChI is InChI=1S/C23H30N2O4S/c1-18-15-21(30(27,28)24-16-19-9-5-4-6-10-19)13-14-22(18)29-17-23(26)25-20-11-7-2-3-8-12-20/h4-6,9-10,13-15,20,24H,2-3,7-8,11-12,16-17H2,1H3,(H,25,26). The van der Waals surface area contributed by atoms with Crippen molar-refractivity contribution in [3.8, 4) is 5.75 Å². The van der Waals surface area contributed by atoms with Gasteiger partial charge in [-0.15, -0.1) is 0 Å². The van der Waals surface area contributed by atoms with E-state index >= 15 is 0 Å². The third kappa shape index (κ3) is 6.57. The molecule has 1 fully saturated rings. The molecular formula is C23H30N2O4S. The number of hydrogen-bond donors (Lipinski definition) is 2. The number of rotatable bonds is 8. The van der Waals surface area contributed by atoms with Crippen LogP contribution in [0.2, 0.25) is 0 Å². The lowest BCUT2D eigenvalue weighted by atomic mass is 10.1. The molecule has 0 aliphatic heterocycles. The Kier molecular flexibility index (Phi) is 7.87. The fraction of sp³-hybridized carbons (Fsp3) is 0.435. The molecule has 0 atom stereocenters. The Labute approximate surface area is 179 Å². The average Bonchev–Trinajstić information content (AvgIpc) is 3.01. The topological polar surface area (TPSA) is 84.5 Å². The minimum Gasteiger partial charge on any atom is -0.484 e. The van der Waals surface area contributed by atoms with Crippen LogP contribution in [0, 0.1) is 6.92 Å². The zero-order valence-corrected chi connectivity index (χ0v) is 18.2. The fourth-order valence-electron chi connectivity index (χ4n) is 3.64. The van der Waals surface area contributed by atoms with E-state index in [1.807, 2.05) is 30.3 Å². The van der Waals surface area contributed by atoms with E-state index in [0.717, 1.165) is 31.2 Å². The van der Waals surface area contributed by atoms with Gasteiger partial charge in [0.2, 0.25) is 10.0 Å². The number of sulfonamides is 1. The lowest BCUT2D eigenvalue weighted by Gasteiger charge is -2.17. The maximum Gasteiger partial charge on any atom is 0.258 e. The lowest BCUT2D eigenvalue weighted by molar-refractivity contribution is -0.123. The molecule has 2 aromatic rings. The number of amides is 1. The smallest absolute Gasteiger partial charge is 0.258 e. The molecule has 6 nitrogen and oxygen atoms in total. The lowest BCUT2D eigenvalue weighted by Crippen LogP contribution is -2.37. The summed E-state index contributed by atoms with van der Waals surface area (Å²) in [6, 6.07) is 14.2. The molecule has 7 heteroatoms. The maximum atomic E-state index is 12.6. The number of ether oxygens (including phenoxy) is 1. The third-order valence-corrected chi connectivity index (χ3v) is 6.74. The quantitative estimate of drug-likeness (QED) is 0.626. The van der Waals surface area contributed by atoms with E-state index in [1.54, 1.807) is 19.1 Å². The maximum absolute atomic E-state index is 12.6. The first-order valence-electron chi connectivity index (χ1n) is 10.5. The molecular weight excluding hydrogens is 400 g/mol. The second kappa shape index (κ2) is 10.6. The SMILES string of the molecule is Cc1cc(S(=O)(=O)NCc2ccccc2)ccc1OCC(=O)NC1CCCCCC1. The molecule has 1 amide bonds. The van der Waals surface area contributed by atoms with Crippen LogP contribution in [0.4, 0.5) is 0 Å². The number of hydrogen-bond acceptors (Lipinski definition) is 4. The highest BCUT2D eigenvalue weighted by atomic mass is 32.2. The van der Waals surface area contributed by atoms with Crippen LogP contribution in [-0.2, 0) is 21.4 Å². The van der Waals surface area contributed by atoms with Crippen LogP contribution in [-0.4, -0.2) is 27.0 Å². The van der Waals surface area contributed by atoms with Crippen LogP contribution >= 0.6 is 0 Å². The Bertz CT molecular complexity index is 937. The van der Waals surface area contributed by atoms with Crippen molar-refractivity contribution in [1.29, 1.82) is 0 Å². The van der Waals surface area contributed by atoms with Crippen LogP contribution in [0.3, 0.4) is 0 Å². The number of benzene rings is 2. The van der Waals surface area contributed by atoms with Gasteiger partial charge in [0.1, 0.15) is 5.75 Å². The first-order chi connectivity index (χ1) is 14.4. The van der Waals surface area contributed by atoms with Crippen molar-refractivity contribution in [3.63, 3.8) is 0 Å². The normalized spacial score (nSPS) is 15.4. The molecule has 3 rings (SSSR count). The van der Waals surface area contributed by atoms with E-state index in [4.69, 9.17) is 4.74 Å². The molecule has 0 unspecified atom stereocenters. The summed E-state index contributed by atoms with van der Waals surface area (Å²) in [5.41, 5.74) is 1.55. The van der Waals surface area contributed by atoms with Crippen LogP contribution in [0.15, 0.2) is 53.4 Å². The summed E-state index contributed by atoms with van der Waals surface area (Å²) >= 11 is 0. The monoisotopic (exact) mass is 430 g/mol. The molecule has 0 spiro atoms. The predicted molar refractivity (Wildman–Crippen MR) is 117 cm³/mol. The van der Waals surface area contributed by atoms with E-state index in [-0.39, 0.29) is 30.0 Å². The number of carbonyl (C=O) groups excluding carboxylic acids is 1. The van der Waals surface area contributed by atoms with Gasteiger partial charge >= 0.3 is 0 Å². The van der Waals surface area contributed by atoms with Crippen LogP contribution in [0.25, 0.3) is 0 Å². The average molecular weight is 431 g/mol. The van der Waals surface area contributed by atoms with Crippen LogP contribution < -0.4 is 14.8 Å². The van der Waals surface area contributed by atoms with Gasteiger partial charge in [-0.25, -0.2) is 13.1 Å². The van der Waals surface area contributed by atoms with Gasteiger partial charge in [0.05, 0.1) is 4.90 Å². The Hall–Kier alpha value is -2.38. The number of aryl methyl sites for hydroxylation is 1. The molecule has 0 radical (unpaired) electrons. The van der Waals surface area contributed by atoms with Gasteiger partial charge in [-0.05, 0) is 49.1 Å². The van der Waals surface area contributed by atoms with Crippen molar-refractivity contribution >= 4 is 15.9 Å². The van der Waals surface area contributed by atoms with Crippen LogP contribution in [0.5, 0.6) is 5.75 Å². The van der Waals surface area contributed by atoms with Crippen molar-refractivity contribution in [3.05, 3.63) is 59.7 Å². The zero-order chi connectivity index (χ0) is 21.4. The molecule has 2 aromatic carbocycles. The molecule has 162 valence electrons. The third-order valence-electron chi connectivity index (χ3n) is 5.34. The molecule has 1 aliphatic carbocycles. The number of nitrogens with one attached hydrogen (secondary N) is 2. The van der Waals surface area contributed by atoms with E-state index in [2.05, 4.69) is 10.0 Å². The molecule has 0 aromatic heterocycles. The van der Waals surface area contributed by atoms with Gasteiger partial charge in [0.25, 0.3) is 5.91 Å². The predicted octanol–water partition coefficient (Wildman–Crippen LogP) is 3.69. The summed E-state index contributed by atoms with van der Waals surface area (Å²) in [7, 11) is -3.64.